The van der Waals surface area contributed by atoms with Gasteiger partial charge in [-0.15, -0.1) is 0 Å². The third kappa shape index (κ3) is 3.54. The second kappa shape index (κ2) is 6.72. The minimum Gasteiger partial charge on any atom is -0.345 e. The van der Waals surface area contributed by atoms with Gasteiger partial charge in [0.15, 0.2) is 0 Å². The van der Waals surface area contributed by atoms with Gasteiger partial charge in [0.05, 0.1) is 6.20 Å². The van der Waals surface area contributed by atoms with Gasteiger partial charge in [-0.05, 0) is 62.8 Å². The quantitative estimate of drug-likeness (QED) is 0.869. The summed E-state index contributed by atoms with van der Waals surface area (Å²) in [5, 5.41) is 6.27. The monoisotopic (exact) mass is 368 g/mol. The first-order valence-electron chi connectivity index (χ1n) is 9.17. The first kappa shape index (κ1) is 17.6. The topological polar surface area (TPSA) is 84.0 Å². The zero-order chi connectivity index (χ0) is 18.9. The van der Waals surface area contributed by atoms with Gasteiger partial charge < -0.3 is 10.6 Å². The standard InChI is InChI=1S/C20H21FN4O2/c21-14-5-6-16(23-12-14)18(27)25-20-8-3-7-19(13-20,9-10-20)24-17(26)15-4-1-2-11-22-15/h1-2,4-6,11-12H,3,7-10,13H2,(H,24,26)(H,25,27). The average Bonchev–Trinajstić information content (AvgIpc) is 2.92. The number of amides is 2. The molecule has 2 aromatic rings. The van der Waals surface area contributed by atoms with Crippen LogP contribution in [-0.2, 0) is 0 Å². The van der Waals surface area contributed by atoms with Crippen molar-refractivity contribution in [2.45, 2.75) is 49.6 Å². The van der Waals surface area contributed by atoms with E-state index < -0.39 is 5.82 Å². The Morgan fingerprint density at radius 1 is 0.889 bits per heavy atom. The van der Waals surface area contributed by atoms with Crippen molar-refractivity contribution >= 4 is 11.8 Å². The fraction of sp³-hybridized carbons (Fsp3) is 0.400. The molecule has 0 aliphatic heterocycles. The van der Waals surface area contributed by atoms with Crippen LogP contribution in [0.25, 0.3) is 0 Å². The highest BCUT2D eigenvalue weighted by molar-refractivity contribution is 5.93. The number of nitrogens with one attached hydrogen (secondary N) is 2. The van der Waals surface area contributed by atoms with Crippen molar-refractivity contribution in [3.05, 3.63) is 59.9 Å². The van der Waals surface area contributed by atoms with E-state index in [9.17, 15) is 14.0 Å². The summed E-state index contributed by atoms with van der Waals surface area (Å²) < 4.78 is 13.0. The van der Waals surface area contributed by atoms with Gasteiger partial charge in [0, 0.05) is 17.3 Å². The molecule has 140 valence electrons. The summed E-state index contributed by atoms with van der Waals surface area (Å²) >= 11 is 0. The predicted molar refractivity (Wildman–Crippen MR) is 96.5 cm³/mol. The van der Waals surface area contributed by atoms with E-state index in [-0.39, 0.29) is 28.6 Å². The normalized spacial score (nSPS) is 26.4. The molecule has 2 aromatic heterocycles. The lowest BCUT2D eigenvalue weighted by Gasteiger charge is -2.40. The molecule has 2 amide bonds. The van der Waals surface area contributed by atoms with Gasteiger partial charge in [-0.25, -0.2) is 9.37 Å². The highest BCUT2D eigenvalue weighted by Crippen LogP contribution is 2.48. The molecule has 0 radical (unpaired) electrons. The van der Waals surface area contributed by atoms with Gasteiger partial charge in [0.25, 0.3) is 11.8 Å². The Kier molecular flexibility index (Phi) is 4.37. The lowest BCUT2D eigenvalue weighted by atomic mass is 9.78. The fourth-order valence-electron chi connectivity index (χ4n) is 4.45. The molecule has 4 rings (SSSR count). The largest absolute Gasteiger partial charge is 0.345 e. The summed E-state index contributed by atoms with van der Waals surface area (Å²) in [6.45, 7) is 0. The van der Waals surface area contributed by atoms with Gasteiger partial charge in [-0.3, -0.25) is 14.6 Å². The maximum absolute atomic E-state index is 13.0. The lowest BCUT2D eigenvalue weighted by Crippen LogP contribution is -2.55. The summed E-state index contributed by atoms with van der Waals surface area (Å²) in [4.78, 5) is 33.1. The van der Waals surface area contributed by atoms with Crippen LogP contribution in [0.1, 0.15) is 59.5 Å². The molecule has 2 atom stereocenters. The Hall–Kier alpha value is -2.83. The van der Waals surface area contributed by atoms with Crippen molar-refractivity contribution in [1.29, 1.82) is 0 Å². The number of pyridine rings is 2. The number of halogens is 1. The van der Waals surface area contributed by atoms with E-state index in [1.54, 1.807) is 24.4 Å². The Labute approximate surface area is 156 Å². The summed E-state index contributed by atoms with van der Waals surface area (Å²) in [5.74, 6) is -0.955. The van der Waals surface area contributed by atoms with Crippen LogP contribution in [0.5, 0.6) is 0 Å². The van der Waals surface area contributed by atoms with Crippen LogP contribution in [-0.4, -0.2) is 32.9 Å². The SMILES string of the molecule is O=C(NC12CCCC(NC(=O)c3ccc(F)cn3)(CC1)C2)c1ccccn1. The van der Waals surface area contributed by atoms with Gasteiger partial charge in [0.1, 0.15) is 17.2 Å². The molecule has 7 heteroatoms. The summed E-state index contributed by atoms with van der Waals surface area (Å²) in [6, 6.07) is 7.87. The highest BCUT2D eigenvalue weighted by Gasteiger charge is 2.52. The lowest BCUT2D eigenvalue weighted by molar-refractivity contribution is 0.0827. The first-order chi connectivity index (χ1) is 13.0. The molecule has 2 unspecified atom stereocenters. The highest BCUT2D eigenvalue weighted by atomic mass is 19.1. The zero-order valence-corrected chi connectivity index (χ0v) is 14.9. The molecule has 6 nitrogen and oxygen atoms in total. The molecule has 2 aliphatic carbocycles. The van der Waals surface area contributed by atoms with Crippen molar-refractivity contribution in [1.82, 2.24) is 20.6 Å². The van der Waals surface area contributed by atoms with Crippen molar-refractivity contribution in [2.75, 3.05) is 0 Å². The van der Waals surface area contributed by atoms with Crippen LogP contribution in [0.15, 0.2) is 42.7 Å². The van der Waals surface area contributed by atoms with Gasteiger partial charge in [-0.1, -0.05) is 6.07 Å². The van der Waals surface area contributed by atoms with Crippen LogP contribution in [0.4, 0.5) is 4.39 Å². The number of aromatic nitrogens is 2. The third-order valence-electron chi connectivity index (χ3n) is 5.68. The Balaban J connectivity index is 1.47. The molecule has 2 aliphatic rings. The van der Waals surface area contributed by atoms with Gasteiger partial charge in [0.2, 0.25) is 0 Å². The number of carbonyl (C=O) groups excluding carboxylic acids is 2. The van der Waals surface area contributed by atoms with E-state index >= 15 is 0 Å². The van der Waals surface area contributed by atoms with E-state index in [1.807, 2.05) is 0 Å². The molecular weight excluding hydrogens is 347 g/mol. The van der Waals surface area contributed by atoms with Crippen LogP contribution in [0, 0.1) is 5.82 Å². The van der Waals surface area contributed by atoms with Crippen LogP contribution in [0.3, 0.4) is 0 Å². The molecule has 2 N–H and O–H groups in total. The van der Waals surface area contributed by atoms with Crippen molar-refractivity contribution in [3.8, 4) is 0 Å². The molecule has 0 spiro atoms. The minimum atomic E-state index is -0.473. The Bertz CT molecular complexity index is 858. The summed E-state index contributed by atoms with van der Waals surface area (Å²) in [6.07, 6.45) is 7.59. The maximum atomic E-state index is 13.0. The molecule has 0 saturated heterocycles. The minimum absolute atomic E-state index is 0.181. The van der Waals surface area contributed by atoms with Gasteiger partial charge in [-0.2, -0.15) is 0 Å². The van der Waals surface area contributed by atoms with E-state index in [1.165, 1.54) is 12.1 Å². The number of fused-ring (bicyclic) bond motifs is 2. The van der Waals surface area contributed by atoms with Gasteiger partial charge >= 0.3 is 0 Å². The maximum Gasteiger partial charge on any atom is 0.270 e. The number of carbonyl (C=O) groups is 2. The molecule has 2 saturated carbocycles. The molecule has 27 heavy (non-hydrogen) atoms. The van der Waals surface area contributed by atoms with Crippen LogP contribution < -0.4 is 10.6 Å². The number of hydrogen-bond donors (Lipinski definition) is 2. The van der Waals surface area contributed by atoms with E-state index in [2.05, 4.69) is 20.6 Å². The predicted octanol–water partition coefficient (Wildman–Crippen LogP) is 2.62. The Morgan fingerprint density at radius 2 is 1.56 bits per heavy atom. The summed E-state index contributed by atoms with van der Waals surface area (Å²) in [7, 11) is 0. The van der Waals surface area contributed by atoms with Crippen LogP contribution in [0.2, 0.25) is 0 Å². The second-order valence-corrected chi connectivity index (χ2v) is 7.58. The van der Waals surface area contributed by atoms with E-state index in [0.29, 0.717) is 12.1 Å². The summed E-state index contributed by atoms with van der Waals surface area (Å²) in [5.41, 5.74) is -0.0834. The zero-order valence-electron chi connectivity index (χ0n) is 14.9. The third-order valence-corrected chi connectivity index (χ3v) is 5.68. The second-order valence-electron chi connectivity index (χ2n) is 7.58. The molecule has 0 aromatic carbocycles. The number of hydrogen-bond acceptors (Lipinski definition) is 4. The number of nitrogens with zero attached hydrogens (tertiary/aromatic N) is 2. The van der Waals surface area contributed by atoms with E-state index in [4.69, 9.17) is 0 Å². The smallest absolute Gasteiger partial charge is 0.270 e. The molecular formula is C20H21FN4O2. The fourth-order valence-corrected chi connectivity index (χ4v) is 4.45. The molecule has 2 heterocycles. The first-order valence-corrected chi connectivity index (χ1v) is 9.17. The molecule has 2 fully saturated rings. The van der Waals surface area contributed by atoms with E-state index in [0.717, 1.165) is 38.3 Å². The average molecular weight is 368 g/mol. The van der Waals surface area contributed by atoms with Crippen molar-refractivity contribution in [3.63, 3.8) is 0 Å². The molecule has 2 bridgehead atoms. The van der Waals surface area contributed by atoms with Crippen molar-refractivity contribution in [2.24, 2.45) is 0 Å². The van der Waals surface area contributed by atoms with Crippen molar-refractivity contribution < 1.29 is 14.0 Å². The van der Waals surface area contributed by atoms with Crippen LogP contribution >= 0.6 is 0 Å². The number of rotatable bonds is 4. The Morgan fingerprint density at radius 3 is 2.11 bits per heavy atom.